The van der Waals surface area contributed by atoms with Gasteiger partial charge in [-0.25, -0.2) is 4.98 Å². The Balaban J connectivity index is 1.43. The molecule has 2 aromatic rings. The number of carbonyl (C=O) groups is 2. The molecule has 1 aliphatic carbocycles. The minimum Gasteiger partial charge on any atom is -0.378 e. The summed E-state index contributed by atoms with van der Waals surface area (Å²) in [7, 11) is 0. The van der Waals surface area contributed by atoms with Crippen molar-refractivity contribution in [2.45, 2.75) is 57.8 Å². The molecule has 0 atom stereocenters. The summed E-state index contributed by atoms with van der Waals surface area (Å²) >= 11 is 0. The van der Waals surface area contributed by atoms with Crippen LogP contribution in [0.2, 0.25) is 0 Å². The van der Waals surface area contributed by atoms with Gasteiger partial charge in [-0.15, -0.1) is 0 Å². The van der Waals surface area contributed by atoms with Gasteiger partial charge in [-0.05, 0) is 61.4 Å². The van der Waals surface area contributed by atoms with Gasteiger partial charge in [-0.1, -0.05) is 19.4 Å². The van der Waals surface area contributed by atoms with Crippen LogP contribution in [0.15, 0.2) is 30.3 Å². The van der Waals surface area contributed by atoms with Crippen LogP contribution in [0.3, 0.4) is 0 Å². The zero-order chi connectivity index (χ0) is 26.2. The van der Waals surface area contributed by atoms with E-state index in [2.05, 4.69) is 17.2 Å². The first-order valence-electron chi connectivity index (χ1n) is 12.9. The third-order valence-electron chi connectivity index (χ3n) is 7.76. The quantitative estimate of drug-likeness (QED) is 0.598. The van der Waals surface area contributed by atoms with Crippen LogP contribution in [0, 0.1) is 5.92 Å². The second kappa shape index (κ2) is 10.3. The van der Waals surface area contributed by atoms with Crippen LogP contribution in [0.25, 0.3) is 0 Å². The van der Waals surface area contributed by atoms with Gasteiger partial charge in [0.25, 0.3) is 11.8 Å². The number of fused-ring (bicyclic) bond motifs is 1. The molecule has 0 radical (unpaired) electrons. The lowest BCUT2D eigenvalue weighted by molar-refractivity contribution is -0.141. The van der Waals surface area contributed by atoms with E-state index in [1.54, 1.807) is 6.07 Å². The van der Waals surface area contributed by atoms with Gasteiger partial charge in [0.05, 0.1) is 24.6 Å². The standard InChI is InChI=1S/C27H31F3N4O3/c1-2-17-6-8-19(9-7-17)34-16-18-14-22(23(15-20(18)26(34)36)33-10-12-37-13-11-33)32-25(35)21-4-3-5-24(31-21)27(28,29)30/h3-5,14-15,17,19H,2,6-13,16H2,1H3,(H,32,35). The summed E-state index contributed by atoms with van der Waals surface area (Å²) in [5, 5.41) is 2.77. The lowest BCUT2D eigenvalue weighted by Gasteiger charge is -2.34. The summed E-state index contributed by atoms with van der Waals surface area (Å²) in [6.07, 6.45) is 0.715. The Morgan fingerprint density at radius 3 is 2.54 bits per heavy atom. The fourth-order valence-electron chi connectivity index (χ4n) is 5.60. The number of aromatic nitrogens is 1. The van der Waals surface area contributed by atoms with Crippen LogP contribution in [-0.2, 0) is 17.5 Å². The first kappa shape index (κ1) is 25.5. The van der Waals surface area contributed by atoms with Gasteiger partial charge in [0.1, 0.15) is 11.4 Å². The fourth-order valence-corrected chi connectivity index (χ4v) is 5.60. The Labute approximate surface area is 214 Å². The molecule has 1 aromatic carbocycles. The van der Waals surface area contributed by atoms with Gasteiger partial charge in [0.2, 0.25) is 0 Å². The van der Waals surface area contributed by atoms with Gasteiger partial charge in [-0.3, -0.25) is 9.59 Å². The first-order valence-corrected chi connectivity index (χ1v) is 12.9. The molecule has 0 spiro atoms. The highest BCUT2D eigenvalue weighted by atomic mass is 19.4. The number of nitrogens with one attached hydrogen (secondary N) is 1. The van der Waals surface area contributed by atoms with E-state index in [-0.39, 0.29) is 17.6 Å². The van der Waals surface area contributed by atoms with Gasteiger partial charge in [0.15, 0.2) is 0 Å². The summed E-state index contributed by atoms with van der Waals surface area (Å²) < 4.78 is 44.9. The highest BCUT2D eigenvalue weighted by Crippen LogP contribution is 2.39. The molecule has 0 bridgehead atoms. The van der Waals surface area contributed by atoms with E-state index >= 15 is 0 Å². The number of anilines is 2. The van der Waals surface area contributed by atoms with E-state index in [4.69, 9.17) is 4.74 Å². The van der Waals surface area contributed by atoms with Crippen LogP contribution < -0.4 is 10.2 Å². The Bertz CT molecular complexity index is 1170. The molecule has 3 aliphatic rings. The van der Waals surface area contributed by atoms with E-state index in [1.165, 1.54) is 12.1 Å². The van der Waals surface area contributed by atoms with Crippen LogP contribution in [0.5, 0.6) is 0 Å². The zero-order valence-electron chi connectivity index (χ0n) is 20.8. The number of halogens is 3. The number of benzene rings is 1. The molecule has 1 saturated heterocycles. The number of hydrogen-bond donors (Lipinski definition) is 1. The molecule has 10 heteroatoms. The highest BCUT2D eigenvalue weighted by Gasteiger charge is 2.36. The predicted molar refractivity (Wildman–Crippen MR) is 133 cm³/mol. The number of pyridine rings is 1. The number of hydrogen-bond acceptors (Lipinski definition) is 5. The number of rotatable bonds is 5. The third kappa shape index (κ3) is 5.30. The van der Waals surface area contributed by atoms with E-state index in [9.17, 15) is 22.8 Å². The van der Waals surface area contributed by atoms with Crippen molar-refractivity contribution >= 4 is 23.2 Å². The average Bonchev–Trinajstić information content (AvgIpc) is 3.23. The van der Waals surface area contributed by atoms with E-state index < -0.39 is 17.8 Å². The minimum atomic E-state index is -4.65. The smallest absolute Gasteiger partial charge is 0.378 e. The lowest BCUT2D eigenvalue weighted by Crippen LogP contribution is -2.38. The van der Waals surface area contributed by atoms with Crippen molar-refractivity contribution in [2.24, 2.45) is 5.92 Å². The molecular formula is C27H31F3N4O3. The Hall–Kier alpha value is -3.14. The average molecular weight is 517 g/mol. The number of morpholine rings is 1. The molecule has 1 aromatic heterocycles. The van der Waals surface area contributed by atoms with Crippen molar-refractivity contribution in [3.05, 3.63) is 52.8 Å². The van der Waals surface area contributed by atoms with Crippen molar-refractivity contribution in [3.8, 4) is 0 Å². The van der Waals surface area contributed by atoms with Crippen molar-refractivity contribution in [1.82, 2.24) is 9.88 Å². The Morgan fingerprint density at radius 1 is 1.14 bits per heavy atom. The van der Waals surface area contributed by atoms with Crippen LogP contribution in [0.4, 0.5) is 24.5 Å². The van der Waals surface area contributed by atoms with Crippen LogP contribution in [0.1, 0.15) is 71.1 Å². The second-order valence-electron chi connectivity index (χ2n) is 10.0. The first-order chi connectivity index (χ1) is 17.7. The normalized spacial score (nSPS) is 22.2. The van der Waals surface area contributed by atoms with Crippen LogP contribution >= 0.6 is 0 Å². The van der Waals surface area contributed by atoms with Crippen molar-refractivity contribution in [2.75, 3.05) is 36.5 Å². The molecule has 198 valence electrons. The van der Waals surface area contributed by atoms with Gasteiger partial charge in [-0.2, -0.15) is 13.2 Å². The maximum absolute atomic E-state index is 13.4. The zero-order valence-corrected chi connectivity index (χ0v) is 20.8. The molecule has 5 rings (SSSR count). The molecule has 1 saturated carbocycles. The van der Waals surface area contributed by atoms with Crippen molar-refractivity contribution < 1.29 is 27.5 Å². The highest BCUT2D eigenvalue weighted by molar-refractivity contribution is 6.07. The minimum absolute atomic E-state index is 0.00174. The SMILES string of the molecule is CCC1CCC(N2Cc3cc(NC(=O)c4cccc(C(F)(F)F)n4)c(N4CCOCC4)cc3C2=O)CC1. The predicted octanol–water partition coefficient (Wildman–Crippen LogP) is 5.11. The molecule has 2 aliphatic heterocycles. The topological polar surface area (TPSA) is 74.8 Å². The summed E-state index contributed by atoms with van der Waals surface area (Å²) in [5.41, 5.74) is 1.10. The molecule has 7 nitrogen and oxygen atoms in total. The second-order valence-corrected chi connectivity index (χ2v) is 10.0. The maximum Gasteiger partial charge on any atom is 0.433 e. The van der Waals surface area contributed by atoms with Crippen LogP contribution in [-0.4, -0.2) is 54.0 Å². The van der Waals surface area contributed by atoms with E-state index in [0.717, 1.165) is 49.7 Å². The van der Waals surface area contributed by atoms with Gasteiger partial charge >= 0.3 is 6.18 Å². The van der Waals surface area contributed by atoms with E-state index in [1.807, 2.05) is 15.9 Å². The fraction of sp³-hybridized carbons (Fsp3) is 0.519. The maximum atomic E-state index is 13.4. The van der Waals surface area contributed by atoms with Gasteiger partial charge < -0.3 is 19.9 Å². The monoisotopic (exact) mass is 516 g/mol. The van der Waals surface area contributed by atoms with Crippen molar-refractivity contribution in [3.63, 3.8) is 0 Å². The third-order valence-corrected chi connectivity index (χ3v) is 7.76. The van der Waals surface area contributed by atoms with Gasteiger partial charge in [0, 0.05) is 31.2 Å². The number of nitrogens with zero attached hydrogens (tertiary/aromatic N) is 3. The molecule has 1 N–H and O–H groups in total. The number of ether oxygens (including phenoxy) is 1. The molecule has 2 amide bonds. The summed E-state index contributed by atoms with van der Waals surface area (Å²) in [6.45, 7) is 4.81. The number of carbonyl (C=O) groups excluding carboxylic acids is 2. The van der Waals surface area contributed by atoms with E-state index in [0.29, 0.717) is 49.8 Å². The lowest BCUT2D eigenvalue weighted by atomic mass is 9.84. The molecular weight excluding hydrogens is 485 g/mol. The molecule has 3 heterocycles. The largest absolute Gasteiger partial charge is 0.433 e. The number of alkyl halides is 3. The molecule has 0 unspecified atom stereocenters. The summed E-state index contributed by atoms with van der Waals surface area (Å²) in [5.74, 6) is -0.0166. The summed E-state index contributed by atoms with van der Waals surface area (Å²) in [4.78, 5) is 33.9. The molecule has 37 heavy (non-hydrogen) atoms. The summed E-state index contributed by atoms with van der Waals surface area (Å²) in [6, 6.07) is 7.06. The molecule has 2 fully saturated rings. The Kier molecular flexibility index (Phi) is 7.11. The number of amides is 2. The Morgan fingerprint density at radius 2 is 1.86 bits per heavy atom. The van der Waals surface area contributed by atoms with Crippen molar-refractivity contribution in [1.29, 1.82) is 0 Å².